The number of alkyl halides is 2. The number of rotatable bonds is 9. The Balaban J connectivity index is 1.49. The van der Waals surface area contributed by atoms with Crippen LogP contribution in [0.25, 0.3) is 11.1 Å². The second kappa shape index (κ2) is 10.2. The zero-order chi connectivity index (χ0) is 21.3. The van der Waals surface area contributed by atoms with Gasteiger partial charge in [-0.25, -0.2) is 0 Å². The van der Waals surface area contributed by atoms with E-state index in [1.54, 1.807) is 6.07 Å². The fourth-order valence-corrected chi connectivity index (χ4v) is 2.79. The molecule has 0 radical (unpaired) electrons. The van der Waals surface area contributed by atoms with Gasteiger partial charge in [-0.2, -0.15) is 8.78 Å². The van der Waals surface area contributed by atoms with Crippen molar-refractivity contribution < 1.29 is 27.8 Å². The molecule has 0 atom stereocenters. The van der Waals surface area contributed by atoms with E-state index in [-0.39, 0.29) is 30.6 Å². The maximum atomic E-state index is 12.4. The van der Waals surface area contributed by atoms with Crippen LogP contribution in [0.15, 0.2) is 72.8 Å². The molecule has 3 rings (SSSR count). The Kier molecular flexibility index (Phi) is 7.21. The number of benzene rings is 3. The van der Waals surface area contributed by atoms with Crippen LogP contribution in [0.2, 0.25) is 0 Å². The Bertz CT molecular complexity index is 963. The lowest BCUT2D eigenvalue weighted by atomic mass is 10.1. The molecule has 0 saturated heterocycles. The molecule has 0 aliphatic carbocycles. The summed E-state index contributed by atoms with van der Waals surface area (Å²) < 4.78 is 39.7. The summed E-state index contributed by atoms with van der Waals surface area (Å²) in [5.74, 6) is 0.371. The standard InChI is InChI=1S/C23H21F2NO4/c1-28-21-13-16(7-12-20(21)30-23(24)25)14-26-22(27)15-29-19-10-8-18(9-11-19)17-5-3-2-4-6-17/h2-13,23H,14-15H2,1H3,(H,26,27). The van der Waals surface area contributed by atoms with E-state index in [9.17, 15) is 13.6 Å². The van der Waals surface area contributed by atoms with Crippen molar-refractivity contribution in [3.63, 3.8) is 0 Å². The van der Waals surface area contributed by atoms with E-state index < -0.39 is 6.61 Å². The molecule has 30 heavy (non-hydrogen) atoms. The second-order valence-corrected chi connectivity index (χ2v) is 6.32. The third kappa shape index (κ3) is 5.94. The average molecular weight is 413 g/mol. The third-order valence-electron chi connectivity index (χ3n) is 4.27. The molecule has 156 valence electrons. The normalized spacial score (nSPS) is 10.5. The first-order valence-corrected chi connectivity index (χ1v) is 9.22. The number of methoxy groups -OCH3 is 1. The molecular weight excluding hydrogens is 392 g/mol. The van der Waals surface area contributed by atoms with E-state index in [4.69, 9.17) is 9.47 Å². The minimum atomic E-state index is -2.94. The lowest BCUT2D eigenvalue weighted by Gasteiger charge is -2.12. The molecule has 0 spiro atoms. The van der Waals surface area contributed by atoms with E-state index in [1.807, 2.05) is 54.6 Å². The van der Waals surface area contributed by atoms with Crippen LogP contribution in [0.1, 0.15) is 5.56 Å². The summed E-state index contributed by atoms with van der Waals surface area (Å²) in [5, 5.41) is 2.71. The highest BCUT2D eigenvalue weighted by molar-refractivity contribution is 5.77. The van der Waals surface area contributed by atoms with Gasteiger partial charge in [-0.1, -0.05) is 48.5 Å². The predicted molar refractivity (Wildman–Crippen MR) is 109 cm³/mol. The number of amides is 1. The van der Waals surface area contributed by atoms with Crippen LogP contribution < -0.4 is 19.5 Å². The zero-order valence-corrected chi connectivity index (χ0v) is 16.3. The van der Waals surface area contributed by atoms with Gasteiger partial charge < -0.3 is 19.5 Å². The van der Waals surface area contributed by atoms with Crippen molar-refractivity contribution in [2.24, 2.45) is 0 Å². The Morgan fingerprint density at radius 3 is 2.30 bits per heavy atom. The van der Waals surface area contributed by atoms with E-state index in [1.165, 1.54) is 19.2 Å². The first kappa shape index (κ1) is 21.1. The third-order valence-corrected chi connectivity index (χ3v) is 4.27. The Hall–Kier alpha value is -3.61. The zero-order valence-electron chi connectivity index (χ0n) is 16.3. The van der Waals surface area contributed by atoms with E-state index in [2.05, 4.69) is 10.1 Å². The van der Waals surface area contributed by atoms with Gasteiger partial charge in [0.15, 0.2) is 18.1 Å². The van der Waals surface area contributed by atoms with Crippen molar-refractivity contribution in [1.29, 1.82) is 0 Å². The number of nitrogens with one attached hydrogen (secondary N) is 1. The van der Waals surface area contributed by atoms with E-state index in [0.29, 0.717) is 11.3 Å². The number of carbonyl (C=O) groups is 1. The van der Waals surface area contributed by atoms with Crippen molar-refractivity contribution in [1.82, 2.24) is 5.32 Å². The highest BCUT2D eigenvalue weighted by atomic mass is 19.3. The molecule has 7 heteroatoms. The van der Waals surface area contributed by atoms with Gasteiger partial charge in [0.25, 0.3) is 5.91 Å². The van der Waals surface area contributed by atoms with Gasteiger partial charge in [-0.15, -0.1) is 0 Å². The number of halogens is 2. The molecular formula is C23H21F2NO4. The highest BCUT2D eigenvalue weighted by Crippen LogP contribution is 2.29. The van der Waals surface area contributed by atoms with Crippen LogP contribution in [0.3, 0.4) is 0 Å². The molecule has 0 aliphatic heterocycles. The summed E-state index contributed by atoms with van der Waals surface area (Å²) in [6, 6.07) is 21.9. The summed E-state index contributed by atoms with van der Waals surface area (Å²) in [5.41, 5.74) is 2.83. The summed E-state index contributed by atoms with van der Waals surface area (Å²) in [6.07, 6.45) is 0. The summed E-state index contributed by atoms with van der Waals surface area (Å²) in [7, 11) is 1.35. The van der Waals surface area contributed by atoms with Crippen molar-refractivity contribution in [2.75, 3.05) is 13.7 Å². The molecule has 0 heterocycles. The lowest BCUT2D eigenvalue weighted by molar-refractivity contribution is -0.123. The number of hydrogen-bond acceptors (Lipinski definition) is 4. The molecule has 0 aliphatic rings. The van der Waals surface area contributed by atoms with Crippen molar-refractivity contribution >= 4 is 5.91 Å². The maximum absolute atomic E-state index is 12.4. The Labute approximate surface area is 173 Å². The summed E-state index contributed by atoms with van der Waals surface area (Å²) in [6.45, 7) is -2.89. The number of hydrogen-bond donors (Lipinski definition) is 1. The van der Waals surface area contributed by atoms with Crippen molar-refractivity contribution in [3.05, 3.63) is 78.4 Å². The maximum Gasteiger partial charge on any atom is 0.387 e. The van der Waals surface area contributed by atoms with Gasteiger partial charge >= 0.3 is 6.61 Å². The largest absolute Gasteiger partial charge is 0.493 e. The van der Waals surface area contributed by atoms with Crippen LogP contribution in [0.4, 0.5) is 8.78 Å². The lowest BCUT2D eigenvalue weighted by Crippen LogP contribution is -2.28. The molecule has 0 saturated carbocycles. The molecule has 3 aromatic rings. The first-order chi connectivity index (χ1) is 14.5. The predicted octanol–water partition coefficient (Wildman–Crippen LogP) is 4.66. The topological polar surface area (TPSA) is 56.8 Å². The van der Waals surface area contributed by atoms with E-state index in [0.717, 1.165) is 11.1 Å². The van der Waals surface area contributed by atoms with Gasteiger partial charge in [-0.05, 0) is 41.0 Å². The second-order valence-electron chi connectivity index (χ2n) is 6.32. The molecule has 3 aromatic carbocycles. The first-order valence-electron chi connectivity index (χ1n) is 9.22. The highest BCUT2D eigenvalue weighted by Gasteiger charge is 2.11. The molecule has 1 N–H and O–H groups in total. The minimum Gasteiger partial charge on any atom is -0.493 e. The van der Waals surface area contributed by atoms with Gasteiger partial charge in [0.1, 0.15) is 5.75 Å². The molecule has 0 bridgehead atoms. The smallest absolute Gasteiger partial charge is 0.387 e. The SMILES string of the molecule is COc1cc(CNC(=O)COc2ccc(-c3ccccc3)cc2)ccc1OC(F)F. The average Bonchev–Trinajstić information content (AvgIpc) is 2.77. The Morgan fingerprint density at radius 1 is 0.933 bits per heavy atom. The minimum absolute atomic E-state index is 0.0649. The van der Waals surface area contributed by atoms with Gasteiger partial charge in [-0.3, -0.25) is 4.79 Å². The summed E-state index contributed by atoms with van der Waals surface area (Å²) in [4.78, 5) is 12.1. The van der Waals surface area contributed by atoms with Crippen LogP contribution in [-0.2, 0) is 11.3 Å². The molecule has 0 unspecified atom stereocenters. The number of ether oxygens (including phenoxy) is 3. The van der Waals surface area contributed by atoms with Crippen LogP contribution in [0.5, 0.6) is 17.2 Å². The van der Waals surface area contributed by atoms with E-state index >= 15 is 0 Å². The van der Waals surface area contributed by atoms with Crippen molar-refractivity contribution in [2.45, 2.75) is 13.2 Å². The Morgan fingerprint density at radius 2 is 1.63 bits per heavy atom. The van der Waals surface area contributed by atoms with Crippen LogP contribution >= 0.6 is 0 Å². The molecule has 1 amide bonds. The monoisotopic (exact) mass is 413 g/mol. The van der Waals surface area contributed by atoms with Crippen LogP contribution in [0, 0.1) is 0 Å². The van der Waals surface area contributed by atoms with Crippen molar-refractivity contribution in [3.8, 4) is 28.4 Å². The van der Waals surface area contributed by atoms with Gasteiger partial charge in [0.2, 0.25) is 0 Å². The van der Waals surface area contributed by atoms with Crippen LogP contribution in [-0.4, -0.2) is 26.2 Å². The molecule has 0 fully saturated rings. The number of carbonyl (C=O) groups excluding carboxylic acids is 1. The van der Waals surface area contributed by atoms with Gasteiger partial charge in [0, 0.05) is 6.54 Å². The fraction of sp³-hybridized carbons (Fsp3) is 0.174. The fourth-order valence-electron chi connectivity index (χ4n) is 2.79. The molecule has 5 nitrogen and oxygen atoms in total. The molecule has 0 aromatic heterocycles. The summed E-state index contributed by atoms with van der Waals surface area (Å²) >= 11 is 0. The van der Waals surface area contributed by atoms with Gasteiger partial charge in [0.05, 0.1) is 7.11 Å². The quantitative estimate of drug-likeness (QED) is 0.554.